The summed E-state index contributed by atoms with van der Waals surface area (Å²) in [6.45, 7) is 6.12. The van der Waals surface area contributed by atoms with E-state index in [1.54, 1.807) is 4.68 Å². The van der Waals surface area contributed by atoms with Crippen LogP contribution in [-0.2, 0) is 0 Å². The molecule has 3 aromatic rings. The second kappa shape index (κ2) is 5.01. The highest BCUT2D eigenvalue weighted by Crippen LogP contribution is 2.28. The molecule has 0 aliphatic rings. The van der Waals surface area contributed by atoms with Crippen molar-refractivity contribution in [3.8, 4) is 17.1 Å². The molecule has 0 saturated heterocycles. The van der Waals surface area contributed by atoms with Gasteiger partial charge in [0.2, 0.25) is 0 Å². The van der Waals surface area contributed by atoms with E-state index in [0.717, 1.165) is 22.4 Å². The maximum atomic E-state index is 6.18. The standard InChI is InChI=1S/C16H17N5/c1-10-6-5-9-14(12(10)3)21-16(18-19-20-21)13-8-4-7-11(2)15(13)17/h4-9H,17H2,1-3H3. The van der Waals surface area contributed by atoms with Crippen molar-refractivity contribution in [2.45, 2.75) is 20.8 Å². The zero-order valence-corrected chi connectivity index (χ0v) is 12.3. The normalized spacial score (nSPS) is 10.8. The summed E-state index contributed by atoms with van der Waals surface area (Å²) in [6.07, 6.45) is 0. The van der Waals surface area contributed by atoms with E-state index in [-0.39, 0.29) is 0 Å². The third-order valence-corrected chi connectivity index (χ3v) is 3.84. The summed E-state index contributed by atoms with van der Waals surface area (Å²) in [5.41, 5.74) is 12.1. The first-order valence-electron chi connectivity index (χ1n) is 6.80. The molecule has 0 atom stereocenters. The van der Waals surface area contributed by atoms with Crippen molar-refractivity contribution in [1.82, 2.24) is 20.2 Å². The van der Waals surface area contributed by atoms with Crippen molar-refractivity contribution in [2.24, 2.45) is 0 Å². The van der Waals surface area contributed by atoms with Crippen molar-refractivity contribution in [1.29, 1.82) is 0 Å². The lowest BCUT2D eigenvalue weighted by Gasteiger charge is -2.11. The van der Waals surface area contributed by atoms with Gasteiger partial charge in [-0.3, -0.25) is 0 Å². The third-order valence-electron chi connectivity index (χ3n) is 3.84. The topological polar surface area (TPSA) is 69.6 Å². The van der Waals surface area contributed by atoms with Crippen LogP contribution >= 0.6 is 0 Å². The van der Waals surface area contributed by atoms with E-state index in [9.17, 15) is 0 Å². The molecule has 0 aliphatic heterocycles. The largest absolute Gasteiger partial charge is 0.398 e. The highest BCUT2D eigenvalue weighted by molar-refractivity contribution is 5.75. The van der Waals surface area contributed by atoms with E-state index in [0.29, 0.717) is 11.5 Å². The number of para-hydroxylation sites is 1. The molecule has 0 saturated carbocycles. The zero-order valence-electron chi connectivity index (χ0n) is 12.3. The number of rotatable bonds is 2. The summed E-state index contributed by atoms with van der Waals surface area (Å²) in [5.74, 6) is 0.657. The molecule has 21 heavy (non-hydrogen) atoms. The van der Waals surface area contributed by atoms with Crippen LogP contribution in [0.1, 0.15) is 16.7 Å². The van der Waals surface area contributed by atoms with E-state index in [4.69, 9.17) is 5.73 Å². The highest BCUT2D eigenvalue weighted by Gasteiger charge is 2.15. The number of hydrogen-bond donors (Lipinski definition) is 1. The van der Waals surface area contributed by atoms with Crippen LogP contribution in [0, 0.1) is 20.8 Å². The van der Waals surface area contributed by atoms with Crippen LogP contribution in [-0.4, -0.2) is 20.2 Å². The van der Waals surface area contributed by atoms with Crippen LogP contribution in [0.5, 0.6) is 0 Å². The Kier molecular flexibility index (Phi) is 3.17. The smallest absolute Gasteiger partial charge is 0.189 e. The van der Waals surface area contributed by atoms with Crippen LogP contribution in [0.4, 0.5) is 5.69 Å². The number of aryl methyl sites for hydroxylation is 2. The number of nitrogens with zero attached hydrogens (tertiary/aromatic N) is 4. The summed E-state index contributed by atoms with van der Waals surface area (Å²) in [5, 5.41) is 12.1. The molecule has 106 valence electrons. The second-order valence-corrected chi connectivity index (χ2v) is 5.17. The number of benzene rings is 2. The summed E-state index contributed by atoms with van der Waals surface area (Å²) in [6, 6.07) is 12.0. The van der Waals surface area contributed by atoms with Gasteiger partial charge in [-0.25, -0.2) is 0 Å². The summed E-state index contributed by atoms with van der Waals surface area (Å²) in [7, 11) is 0. The highest BCUT2D eigenvalue weighted by atomic mass is 15.5. The Hall–Kier alpha value is -2.69. The number of nitrogens with two attached hydrogens (primary N) is 1. The molecular weight excluding hydrogens is 262 g/mol. The van der Waals surface area contributed by atoms with Crippen molar-refractivity contribution in [3.05, 3.63) is 53.1 Å². The van der Waals surface area contributed by atoms with Crippen molar-refractivity contribution in [3.63, 3.8) is 0 Å². The molecule has 1 aromatic heterocycles. The summed E-state index contributed by atoms with van der Waals surface area (Å²) < 4.78 is 1.74. The molecule has 1 heterocycles. The monoisotopic (exact) mass is 279 g/mol. The molecule has 2 N–H and O–H groups in total. The molecule has 0 unspecified atom stereocenters. The number of nitrogen functional groups attached to an aromatic ring is 1. The fourth-order valence-electron chi connectivity index (χ4n) is 2.36. The first-order chi connectivity index (χ1) is 10.1. The van der Waals surface area contributed by atoms with Gasteiger partial charge in [0.15, 0.2) is 5.82 Å². The van der Waals surface area contributed by atoms with Crippen LogP contribution in [0.25, 0.3) is 17.1 Å². The molecule has 5 heteroatoms. The van der Waals surface area contributed by atoms with Gasteiger partial charge in [0.1, 0.15) is 0 Å². The molecule has 0 amide bonds. The number of anilines is 1. The lowest BCUT2D eigenvalue weighted by molar-refractivity contribution is 0.786. The summed E-state index contributed by atoms with van der Waals surface area (Å²) in [4.78, 5) is 0. The average molecular weight is 279 g/mol. The molecule has 0 spiro atoms. The summed E-state index contributed by atoms with van der Waals surface area (Å²) >= 11 is 0. The minimum Gasteiger partial charge on any atom is -0.398 e. The van der Waals surface area contributed by atoms with Crippen molar-refractivity contribution < 1.29 is 0 Å². The van der Waals surface area contributed by atoms with Crippen LogP contribution in [0.3, 0.4) is 0 Å². The van der Waals surface area contributed by atoms with Crippen molar-refractivity contribution in [2.75, 3.05) is 5.73 Å². The van der Waals surface area contributed by atoms with Gasteiger partial charge in [-0.15, -0.1) is 5.10 Å². The Morgan fingerprint density at radius 2 is 1.67 bits per heavy atom. The average Bonchev–Trinajstić information content (AvgIpc) is 2.94. The van der Waals surface area contributed by atoms with Crippen LogP contribution in [0.15, 0.2) is 36.4 Å². The number of tetrazole rings is 1. The zero-order chi connectivity index (χ0) is 15.0. The third kappa shape index (κ3) is 2.16. The van der Waals surface area contributed by atoms with E-state index in [2.05, 4.69) is 35.4 Å². The Morgan fingerprint density at radius 1 is 0.952 bits per heavy atom. The Bertz CT molecular complexity index is 738. The molecule has 0 fully saturated rings. The van der Waals surface area contributed by atoms with Gasteiger partial charge in [0.05, 0.1) is 5.69 Å². The van der Waals surface area contributed by atoms with Gasteiger partial charge < -0.3 is 5.73 Å². The van der Waals surface area contributed by atoms with E-state index < -0.39 is 0 Å². The Morgan fingerprint density at radius 3 is 2.48 bits per heavy atom. The van der Waals surface area contributed by atoms with E-state index in [1.165, 1.54) is 5.56 Å². The van der Waals surface area contributed by atoms with Crippen molar-refractivity contribution >= 4 is 5.69 Å². The van der Waals surface area contributed by atoms with Gasteiger partial charge in [0.25, 0.3) is 0 Å². The van der Waals surface area contributed by atoms with Gasteiger partial charge >= 0.3 is 0 Å². The fraction of sp³-hybridized carbons (Fsp3) is 0.188. The molecule has 3 rings (SSSR count). The molecule has 0 radical (unpaired) electrons. The lowest BCUT2D eigenvalue weighted by Crippen LogP contribution is -2.05. The predicted molar refractivity (Wildman–Crippen MR) is 83.2 cm³/mol. The number of hydrogen-bond acceptors (Lipinski definition) is 4. The molecular formula is C16H17N5. The minimum absolute atomic E-state index is 0.657. The van der Waals surface area contributed by atoms with Crippen LogP contribution < -0.4 is 5.73 Å². The maximum Gasteiger partial charge on any atom is 0.189 e. The lowest BCUT2D eigenvalue weighted by atomic mass is 10.1. The van der Waals surface area contributed by atoms with Crippen LogP contribution in [0.2, 0.25) is 0 Å². The molecule has 5 nitrogen and oxygen atoms in total. The number of aromatic nitrogens is 4. The van der Waals surface area contributed by atoms with Gasteiger partial charge in [-0.2, -0.15) is 4.68 Å². The quantitative estimate of drug-likeness (QED) is 0.732. The molecule has 2 aromatic carbocycles. The van der Waals surface area contributed by atoms with E-state index in [1.807, 2.05) is 37.3 Å². The second-order valence-electron chi connectivity index (χ2n) is 5.17. The maximum absolute atomic E-state index is 6.18. The van der Waals surface area contributed by atoms with Gasteiger partial charge in [-0.05, 0) is 60.0 Å². The van der Waals surface area contributed by atoms with E-state index >= 15 is 0 Å². The Balaban J connectivity index is 2.22. The molecule has 0 bridgehead atoms. The van der Waals surface area contributed by atoms with Gasteiger partial charge in [0, 0.05) is 11.3 Å². The van der Waals surface area contributed by atoms with Gasteiger partial charge in [-0.1, -0.05) is 24.3 Å². The first kappa shape index (κ1) is 13.3. The predicted octanol–water partition coefficient (Wildman–Crippen LogP) is 2.84. The fourth-order valence-corrected chi connectivity index (χ4v) is 2.36. The minimum atomic E-state index is 0.657. The molecule has 0 aliphatic carbocycles. The Labute approximate surface area is 123 Å². The first-order valence-corrected chi connectivity index (χ1v) is 6.80. The SMILES string of the molecule is Cc1cccc(-n2nnnc2-c2cccc(C)c2N)c1C.